The molecular formula is C12H15N3. The van der Waals surface area contributed by atoms with Gasteiger partial charge in [-0.2, -0.15) is 0 Å². The lowest BCUT2D eigenvalue weighted by molar-refractivity contribution is 1.08. The molecule has 1 aromatic carbocycles. The molecule has 1 aliphatic rings. The molecule has 2 N–H and O–H groups in total. The van der Waals surface area contributed by atoms with Gasteiger partial charge in [0.15, 0.2) is 0 Å². The summed E-state index contributed by atoms with van der Waals surface area (Å²) in [5.74, 6) is 1.05. The summed E-state index contributed by atoms with van der Waals surface area (Å²) >= 11 is 0. The van der Waals surface area contributed by atoms with Gasteiger partial charge in [-0.05, 0) is 25.3 Å². The van der Waals surface area contributed by atoms with Crippen LogP contribution in [0.1, 0.15) is 6.92 Å². The van der Waals surface area contributed by atoms with Crippen molar-refractivity contribution in [3.8, 4) is 0 Å². The molecule has 0 fully saturated rings. The number of nitrogens with zero attached hydrogens (tertiary/aromatic N) is 1. The van der Waals surface area contributed by atoms with Gasteiger partial charge in [-0.3, -0.25) is 0 Å². The maximum absolute atomic E-state index is 3.33. The van der Waals surface area contributed by atoms with Crippen LogP contribution < -0.4 is 15.5 Å². The fraction of sp³-hybridized carbons (Fsp3) is 0.167. The molecule has 1 heterocycles. The number of allylic oxidation sites excluding steroid dienone is 1. The Bertz CT molecular complexity index is 407. The van der Waals surface area contributed by atoms with Gasteiger partial charge in [-0.1, -0.05) is 18.2 Å². The van der Waals surface area contributed by atoms with E-state index in [0.717, 1.165) is 11.5 Å². The largest absolute Gasteiger partial charge is 0.365 e. The zero-order valence-corrected chi connectivity index (χ0v) is 8.99. The fourth-order valence-electron chi connectivity index (χ4n) is 1.58. The minimum absolute atomic E-state index is 1.05. The lowest BCUT2D eigenvalue weighted by atomic mass is 10.3. The van der Waals surface area contributed by atoms with Gasteiger partial charge in [0.05, 0.1) is 11.4 Å². The molecule has 78 valence electrons. The standard InChI is InChI=1S/C12H15N3/c1-3-8-13-9-12-14-10-6-4-5-7-11(10)15(12)2/h3-9,13-14H,1-2H3/b8-3-,12-9-. The van der Waals surface area contributed by atoms with Gasteiger partial charge in [-0.15, -0.1) is 0 Å². The Balaban J connectivity index is 2.19. The van der Waals surface area contributed by atoms with Gasteiger partial charge in [0.1, 0.15) is 5.82 Å². The normalized spacial score (nSPS) is 16.9. The molecule has 0 radical (unpaired) electrons. The van der Waals surface area contributed by atoms with E-state index in [1.165, 1.54) is 5.69 Å². The molecule has 3 heteroatoms. The number of hydrogen-bond acceptors (Lipinski definition) is 3. The highest BCUT2D eigenvalue weighted by Gasteiger charge is 2.18. The minimum Gasteiger partial charge on any atom is -0.365 e. The van der Waals surface area contributed by atoms with Gasteiger partial charge in [0.25, 0.3) is 0 Å². The Morgan fingerprint density at radius 2 is 2.13 bits per heavy atom. The second-order valence-electron chi connectivity index (χ2n) is 3.40. The number of rotatable bonds is 2. The van der Waals surface area contributed by atoms with E-state index in [-0.39, 0.29) is 0 Å². The van der Waals surface area contributed by atoms with Gasteiger partial charge >= 0.3 is 0 Å². The van der Waals surface area contributed by atoms with E-state index in [0.29, 0.717) is 0 Å². The summed E-state index contributed by atoms with van der Waals surface area (Å²) in [6, 6.07) is 8.24. The smallest absolute Gasteiger partial charge is 0.127 e. The summed E-state index contributed by atoms with van der Waals surface area (Å²) in [7, 11) is 2.04. The van der Waals surface area contributed by atoms with Crippen LogP contribution >= 0.6 is 0 Å². The van der Waals surface area contributed by atoms with Crippen LogP contribution in [-0.4, -0.2) is 7.05 Å². The fourth-order valence-corrected chi connectivity index (χ4v) is 1.58. The van der Waals surface area contributed by atoms with Crippen molar-refractivity contribution < 1.29 is 0 Å². The molecule has 0 amide bonds. The highest BCUT2D eigenvalue weighted by molar-refractivity contribution is 5.80. The molecule has 2 rings (SSSR count). The lowest BCUT2D eigenvalue weighted by Gasteiger charge is -2.12. The van der Waals surface area contributed by atoms with Crippen LogP contribution in [0.4, 0.5) is 11.4 Å². The van der Waals surface area contributed by atoms with Crippen LogP contribution in [-0.2, 0) is 0 Å². The summed E-state index contributed by atoms with van der Waals surface area (Å²) in [6.45, 7) is 1.98. The minimum atomic E-state index is 1.05. The third-order valence-electron chi connectivity index (χ3n) is 2.37. The van der Waals surface area contributed by atoms with Crippen LogP contribution in [0.15, 0.2) is 48.6 Å². The van der Waals surface area contributed by atoms with E-state index in [2.05, 4.69) is 27.7 Å². The maximum Gasteiger partial charge on any atom is 0.127 e. The van der Waals surface area contributed by atoms with Crippen molar-refractivity contribution in [3.63, 3.8) is 0 Å². The number of nitrogens with one attached hydrogen (secondary N) is 2. The van der Waals surface area contributed by atoms with Crippen molar-refractivity contribution in [2.45, 2.75) is 6.92 Å². The van der Waals surface area contributed by atoms with E-state index in [1.54, 1.807) is 0 Å². The molecule has 1 aliphatic heterocycles. The van der Waals surface area contributed by atoms with Gasteiger partial charge < -0.3 is 15.5 Å². The summed E-state index contributed by atoms with van der Waals surface area (Å²) in [5, 5.41) is 6.43. The third-order valence-corrected chi connectivity index (χ3v) is 2.37. The van der Waals surface area contributed by atoms with Crippen LogP contribution in [0.3, 0.4) is 0 Å². The van der Waals surface area contributed by atoms with Crippen LogP contribution in [0.25, 0.3) is 0 Å². The molecule has 0 spiro atoms. The second-order valence-corrected chi connectivity index (χ2v) is 3.40. The lowest BCUT2D eigenvalue weighted by Crippen LogP contribution is -2.16. The van der Waals surface area contributed by atoms with E-state index >= 15 is 0 Å². The summed E-state index contributed by atoms with van der Waals surface area (Å²) in [4.78, 5) is 2.12. The molecule has 0 saturated carbocycles. The Labute approximate surface area is 90.1 Å². The number of benzene rings is 1. The van der Waals surface area contributed by atoms with Gasteiger partial charge in [0.2, 0.25) is 0 Å². The summed E-state index contributed by atoms with van der Waals surface area (Å²) < 4.78 is 0. The molecule has 0 aliphatic carbocycles. The van der Waals surface area contributed by atoms with Crippen molar-refractivity contribution in [2.75, 3.05) is 17.3 Å². The first kappa shape index (κ1) is 9.65. The maximum atomic E-state index is 3.33. The Morgan fingerprint density at radius 1 is 1.33 bits per heavy atom. The number of hydrogen-bond donors (Lipinski definition) is 2. The van der Waals surface area contributed by atoms with Gasteiger partial charge in [0, 0.05) is 13.2 Å². The Morgan fingerprint density at radius 3 is 2.87 bits per heavy atom. The third kappa shape index (κ3) is 1.81. The number of anilines is 2. The van der Waals surface area contributed by atoms with Crippen LogP contribution in [0, 0.1) is 0 Å². The van der Waals surface area contributed by atoms with Crippen molar-refractivity contribution in [1.82, 2.24) is 5.32 Å². The highest BCUT2D eigenvalue weighted by atomic mass is 15.3. The molecular weight excluding hydrogens is 186 g/mol. The predicted molar refractivity (Wildman–Crippen MR) is 64.5 cm³/mol. The van der Waals surface area contributed by atoms with Gasteiger partial charge in [-0.25, -0.2) is 0 Å². The quantitative estimate of drug-likeness (QED) is 0.769. The molecule has 15 heavy (non-hydrogen) atoms. The van der Waals surface area contributed by atoms with E-state index in [9.17, 15) is 0 Å². The molecule has 0 aromatic heterocycles. The molecule has 0 saturated heterocycles. The SMILES string of the molecule is C/C=C\N/C=C1/Nc2ccccc2N1C. The van der Waals surface area contributed by atoms with E-state index in [1.807, 2.05) is 44.6 Å². The average molecular weight is 201 g/mol. The first-order chi connectivity index (χ1) is 7.33. The predicted octanol–water partition coefficient (Wildman–Crippen LogP) is 2.47. The molecule has 0 unspecified atom stereocenters. The monoisotopic (exact) mass is 201 g/mol. The topological polar surface area (TPSA) is 27.3 Å². The molecule has 1 aromatic rings. The first-order valence-corrected chi connectivity index (χ1v) is 5.00. The van der Waals surface area contributed by atoms with E-state index < -0.39 is 0 Å². The molecule has 0 atom stereocenters. The average Bonchev–Trinajstić information content (AvgIpc) is 2.57. The molecule has 3 nitrogen and oxygen atoms in total. The number of fused-ring (bicyclic) bond motifs is 1. The Kier molecular flexibility index (Phi) is 2.63. The van der Waals surface area contributed by atoms with Crippen LogP contribution in [0.2, 0.25) is 0 Å². The first-order valence-electron chi connectivity index (χ1n) is 5.00. The van der Waals surface area contributed by atoms with Crippen LogP contribution in [0.5, 0.6) is 0 Å². The summed E-state index contributed by atoms with van der Waals surface area (Å²) in [5.41, 5.74) is 2.35. The molecule has 0 bridgehead atoms. The van der Waals surface area contributed by atoms with Crippen molar-refractivity contribution in [3.05, 3.63) is 48.6 Å². The zero-order chi connectivity index (χ0) is 10.7. The summed E-state index contributed by atoms with van der Waals surface area (Å²) in [6.07, 6.45) is 5.80. The zero-order valence-electron chi connectivity index (χ0n) is 8.99. The Hall–Kier alpha value is -1.90. The van der Waals surface area contributed by atoms with E-state index in [4.69, 9.17) is 0 Å². The van der Waals surface area contributed by atoms with Crippen molar-refractivity contribution in [1.29, 1.82) is 0 Å². The second kappa shape index (κ2) is 4.09. The number of para-hydroxylation sites is 2. The van der Waals surface area contributed by atoms with Crippen molar-refractivity contribution in [2.24, 2.45) is 0 Å². The van der Waals surface area contributed by atoms with Crippen molar-refractivity contribution >= 4 is 11.4 Å². The highest BCUT2D eigenvalue weighted by Crippen LogP contribution is 2.33.